The van der Waals surface area contributed by atoms with Crippen LogP contribution in [0.15, 0.2) is 65.8 Å². The number of amides is 1. The number of carbonyl (C=O) groups is 1. The van der Waals surface area contributed by atoms with Gasteiger partial charge in [-0.05, 0) is 30.2 Å². The highest BCUT2D eigenvalue weighted by Gasteiger charge is 2.10. The largest absolute Gasteiger partial charge is 0.366 e. The molecule has 0 aliphatic heterocycles. The Bertz CT molecular complexity index is 980. The molecular weight excluding hydrogens is 364 g/mol. The maximum Gasteiger partial charge on any atom is 0.248 e. The number of H-pyrrole nitrogens is 1. The molecule has 0 atom stereocenters. The number of imidazole rings is 1. The number of nitrogens with two attached hydrogens (primary N) is 1. The number of aromatic nitrogens is 2. The van der Waals surface area contributed by atoms with Gasteiger partial charge in [0.15, 0.2) is 5.96 Å². The van der Waals surface area contributed by atoms with Gasteiger partial charge in [0.1, 0.15) is 5.82 Å². The second-order valence-electron chi connectivity index (χ2n) is 6.70. The quantitative estimate of drug-likeness (QED) is 0.427. The van der Waals surface area contributed by atoms with Crippen LogP contribution in [0.2, 0.25) is 0 Å². The summed E-state index contributed by atoms with van der Waals surface area (Å²) in [7, 11) is 1.96. The van der Waals surface area contributed by atoms with Crippen LogP contribution in [-0.4, -0.2) is 40.3 Å². The number of carbonyl (C=O) groups excluding carboxylic acids is 1. The lowest BCUT2D eigenvalue weighted by molar-refractivity contribution is 0.1000. The Morgan fingerprint density at radius 2 is 2.00 bits per heavy atom. The molecule has 3 aromatic rings. The Kier molecular flexibility index (Phi) is 6.63. The molecular formula is C22H26N6O. The fraction of sp³-hybridized carbons (Fsp3) is 0.227. The minimum absolute atomic E-state index is 0.438. The molecule has 0 aliphatic carbocycles. The van der Waals surface area contributed by atoms with Crippen LogP contribution in [0, 0.1) is 0 Å². The van der Waals surface area contributed by atoms with E-state index < -0.39 is 5.91 Å². The Morgan fingerprint density at radius 1 is 1.21 bits per heavy atom. The molecule has 150 valence electrons. The molecule has 0 bridgehead atoms. The Hall–Kier alpha value is -3.61. The summed E-state index contributed by atoms with van der Waals surface area (Å²) in [6.07, 6.45) is 1.85. The smallest absolute Gasteiger partial charge is 0.248 e. The van der Waals surface area contributed by atoms with Crippen molar-refractivity contribution in [2.24, 2.45) is 10.7 Å². The minimum Gasteiger partial charge on any atom is -0.366 e. The van der Waals surface area contributed by atoms with E-state index in [2.05, 4.69) is 20.3 Å². The van der Waals surface area contributed by atoms with E-state index in [-0.39, 0.29) is 0 Å². The maximum absolute atomic E-state index is 11.4. The van der Waals surface area contributed by atoms with Gasteiger partial charge in [-0.3, -0.25) is 4.79 Å². The zero-order chi connectivity index (χ0) is 20.6. The predicted octanol–water partition coefficient (Wildman–Crippen LogP) is 2.77. The van der Waals surface area contributed by atoms with Gasteiger partial charge >= 0.3 is 0 Å². The molecule has 0 saturated carbocycles. The first-order chi connectivity index (χ1) is 14.1. The predicted molar refractivity (Wildman–Crippen MR) is 115 cm³/mol. The topological polar surface area (TPSA) is 99.4 Å². The lowest BCUT2D eigenvalue weighted by Crippen LogP contribution is -2.38. The summed E-state index contributed by atoms with van der Waals surface area (Å²) < 4.78 is 0. The molecule has 7 nitrogen and oxygen atoms in total. The molecule has 0 unspecified atom stereocenters. The fourth-order valence-corrected chi connectivity index (χ4v) is 2.97. The molecule has 0 spiro atoms. The molecule has 3 rings (SSSR count). The van der Waals surface area contributed by atoms with E-state index in [0.717, 1.165) is 35.1 Å². The highest BCUT2D eigenvalue weighted by atomic mass is 16.1. The number of aliphatic imine (C=N–C) groups is 1. The lowest BCUT2D eigenvalue weighted by atomic mass is 10.1. The first-order valence-electron chi connectivity index (χ1n) is 9.54. The zero-order valence-electron chi connectivity index (χ0n) is 16.7. The summed E-state index contributed by atoms with van der Waals surface area (Å²) in [5.74, 6) is 1.18. The number of aromatic amines is 1. The van der Waals surface area contributed by atoms with E-state index in [1.807, 2.05) is 67.5 Å². The number of rotatable bonds is 7. The van der Waals surface area contributed by atoms with Crippen LogP contribution in [0.4, 0.5) is 0 Å². The Morgan fingerprint density at radius 3 is 2.72 bits per heavy atom. The van der Waals surface area contributed by atoms with Crippen LogP contribution in [0.1, 0.15) is 28.7 Å². The van der Waals surface area contributed by atoms with Gasteiger partial charge in [0.05, 0.1) is 25.0 Å². The number of benzene rings is 2. The molecule has 7 heteroatoms. The molecule has 0 aliphatic rings. The van der Waals surface area contributed by atoms with Gasteiger partial charge < -0.3 is 20.9 Å². The van der Waals surface area contributed by atoms with Gasteiger partial charge in [-0.1, -0.05) is 42.5 Å². The number of hydrogen-bond acceptors (Lipinski definition) is 3. The third-order valence-corrected chi connectivity index (χ3v) is 4.42. The van der Waals surface area contributed by atoms with Crippen molar-refractivity contribution in [3.8, 4) is 11.3 Å². The highest BCUT2D eigenvalue weighted by molar-refractivity contribution is 5.92. The number of nitrogens with zero attached hydrogens (tertiary/aromatic N) is 3. The zero-order valence-corrected chi connectivity index (χ0v) is 16.7. The lowest BCUT2D eigenvalue weighted by Gasteiger charge is -2.21. The monoisotopic (exact) mass is 390 g/mol. The standard InChI is InChI=1S/C22H26N6O/c1-3-24-22(26-13-16-8-7-11-18(12-16)21(23)29)28(2)15-20-25-14-19(27-20)17-9-5-4-6-10-17/h4-12,14H,3,13,15H2,1-2H3,(H2,23,29)(H,24,26)(H,25,27). The maximum atomic E-state index is 11.4. The van der Waals surface area contributed by atoms with Crippen molar-refractivity contribution in [2.75, 3.05) is 13.6 Å². The van der Waals surface area contributed by atoms with Crippen molar-refractivity contribution in [3.05, 3.63) is 77.7 Å². The van der Waals surface area contributed by atoms with Gasteiger partial charge in [-0.15, -0.1) is 0 Å². The summed E-state index contributed by atoms with van der Waals surface area (Å²) in [5.41, 5.74) is 8.86. The molecule has 0 radical (unpaired) electrons. The SMILES string of the molecule is CCNC(=NCc1cccc(C(N)=O)c1)N(C)Cc1ncc(-c2ccccc2)[nH]1. The third-order valence-electron chi connectivity index (χ3n) is 4.42. The van der Waals surface area contributed by atoms with Crippen LogP contribution < -0.4 is 11.1 Å². The first kappa shape index (κ1) is 20.1. The van der Waals surface area contributed by atoms with E-state index in [1.54, 1.807) is 12.1 Å². The molecule has 0 fully saturated rings. The molecule has 1 amide bonds. The molecule has 1 aromatic heterocycles. The third kappa shape index (κ3) is 5.44. The van der Waals surface area contributed by atoms with Gasteiger partial charge in [-0.25, -0.2) is 9.98 Å². The van der Waals surface area contributed by atoms with E-state index in [4.69, 9.17) is 5.73 Å². The fourth-order valence-electron chi connectivity index (χ4n) is 2.97. The van der Waals surface area contributed by atoms with Gasteiger partial charge in [0, 0.05) is 19.2 Å². The summed E-state index contributed by atoms with van der Waals surface area (Å²) in [6, 6.07) is 17.3. The van der Waals surface area contributed by atoms with Crippen molar-refractivity contribution < 1.29 is 4.79 Å². The van der Waals surface area contributed by atoms with Crippen LogP contribution in [-0.2, 0) is 13.1 Å². The number of nitrogens with one attached hydrogen (secondary N) is 2. The van der Waals surface area contributed by atoms with E-state index in [1.165, 1.54) is 0 Å². The number of guanidine groups is 1. The van der Waals surface area contributed by atoms with Crippen molar-refractivity contribution >= 4 is 11.9 Å². The first-order valence-corrected chi connectivity index (χ1v) is 9.54. The average Bonchev–Trinajstić information content (AvgIpc) is 3.20. The van der Waals surface area contributed by atoms with Crippen molar-refractivity contribution in [3.63, 3.8) is 0 Å². The Labute approximate surface area is 170 Å². The Balaban J connectivity index is 1.70. The van der Waals surface area contributed by atoms with Gasteiger partial charge in [0.2, 0.25) is 5.91 Å². The van der Waals surface area contributed by atoms with Crippen LogP contribution >= 0.6 is 0 Å². The van der Waals surface area contributed by atoms with Crippen molar-refractivity contribution in [1.29, 1.82) is 0 Å². The van der Waals surface area contributed by atoms with Gasteiger partial charge in [-0.2, -0.15) is 0 Å². The van der Waals surface area contributed by atoms with Crippen molar-refractivity contribution in [1.82, 2.24) is 20.2 Å². The molecule has 2 aromatic carbocycles. The van der Waals surface area contributed by atoms with E-state index in [9.17, 15) is 4.79 Å². The summed E-state index contributed by atoms with van der Waals surface area (Å²) in [5, 5.41) is 3.29. The van der Waals surface area contributed by atoms with E-state index >= 15 is 0 Å². The van der Waals surface area contributed by atoms with Gasteiger partial charge in [0.25, 0.3) is 0 Å². The summed E-state index contributed by atoms with van der Waals surface area (Å²) >= 11 is 0. The van der Waals surface area contributed by atoms with Crippen LogP contribution in [0.25, 0.3) is 11.3 Å². The molecule has 0 saturated heterocycles. The van der Waals surface area contributed by atoms with Crippen LogP contribution in [0.5, 0.6) is 0 Å². The van der Waals surface area contributed by atoms with Crippen molar-refractivity contribution in [2.45, 2.75) is 20.0 Å². The summed E-state index contributed by atoms with van der Waals surface area (Å²) in [6.45, 7) is 3.80. The van der Waals surface area contributed by atoms with E-state index in [0.29, 0.717) is 18.7 Å². The second-order valence-corrected chi connectivity index (χ2v) is 6.70. The number of hydrogen-bond donors (Lipinski definition) is 3. The summed E-state index contributed by atoms with van der Waals surface area (Å²) in [4.78, 5) is 25.9. The second kappa shape index (κ2) is 9.54. The molecule has 29 heavy (non-hydrogen) atoms. The normalized spacial score (nSPS) is 11.3. The highest BCUT2D eigenvalue weighted by Crippen LogP contribution is 2.16. The number of primary amides is 1. The van der Waals surface area contributed by atoms with Crippen LogP contribution in [0.3, 0.4) is 0 Å². The molecule has 1 heterocycles. The average molecular weight is 390 g/mol. The molecule has 4 N–H and O–H groups in total. The minimum atomic E-state index is -0.438.